The fraction of sp³-hybridized carbons (Fsp3) is 0.125. The van der Waals surface area contributed by atoms with Crippen LogP contribution >= 0.6 is 0 Å². The van der Waals surface area contributed by atoms with Gasteiger partial charge in [0.25, 0.3) is 0 Å². The summed E-state index contributed by atoms with van der Waals surface area (Å²) in [5.74, 6) is 0. The number of benzene rings is 1. The molecule has 0 spiro atoms. The van der Waals surface area contributed by atoms with Crippen molar-refractivity contribution in [3.8, 4) is 0 Å². The first-order chi connectivity index (χ1) is 5.42. The summed E-state index contributed by atoms with van der Waals surface area (Å²) in [6.45, 7) is 0. The van der Waals surface area contributed by atoms with E-state index in [1.165, 1.54) is 4.90 Å². The van der Waals surface area contributed by atoms with E-state index in [1.807, 2.05) is 30.8 Å². The molecule has 0 fully saturated rings. The SMILES string of the molecule is C[NH+]=S1C=Nc2ccccc21. The van der Waals surface area contributed by atoms with Gasteiger partial charge in [0.1, 0.15) is 23.3 Å². The van der Waals surface area contributed by atoms with E-state index in [-0.39, 0.29) is 10.7 Å². The Hall–Kier alpha value is -0.960. The highest BCUT2D eigenvalue weighted by atomic mass is 32.2. The van der Waals surface area contributed by atoms with Crippen LogP contribution in [0, 0.1) is 0 Å². The molecule has 0 saturated carbocycles. The molecule has 2 rings (SSSR count). The third-order valence-electron chi connectivity index (χ3n) is 1.62. The van der Waals surface area contributed by atoms with Gasteiger partial charge in [-0.05, 0) is 12.1 Å². The maximum Gasteiger partial charge on any atom is 0.138 e. The number of hydrogen-bond acceptors (Lipinski definition) is 1. The van der Waals surface area contributed by atoms with Crippen LogP contribution in [0.1, 0.15) is 0 Å². The van der Waals surface area contributed by atoms with E-state index in [2.05, 4.69) is 15.4 Å². The van der Waals surface area contributed by atoms with Crippen LogP contribution in [0.25, 0.3) is 0 Å². The van der Waals surface area contributed by atoms with Gasteiger partial charge in [-0.3, -0.25) is 0 Å². The maximum atomic E-state index is 4.28. The van der Waals surface area contributed by atoms with Crippen LogP contribution in [0.2, 0.25) is 0 Å². The van der Waals surface area contributed by atoms with Crippen LogP contribution < -0.4 is 4.36 Å². The van der Waals surface area contributed by atoms with Crippen LogP contribution in [0.4, 0.5) is 5.69 Å². The Morgan fingerprint density at radius 3 is 3.00 bits per heavy atom. The van der Waals surface area contributed by atoms with E-state index >= 15 is 0 Å². The van der Waals surface area contributed by atoms with Crippen LogP contribution in [0.15, 0.2) is 34.2 Å². The normalized spacial score (nSPS) is 20.6. The summed E-state index contributed by atoms with van der Waals surface area (Å²) in [6.07, 6.45) is 0. The van der Waals surface area contributed by atoms with E-state index in [0.29, 0.717) is 0 Å². The molecule has 11 heavy (non-hydrogen) atoms. The largest absolute Gasteiger partial charge is 0.243 e. The van der Waals surface area contributed by atoms with Crippen LogP contribution in [-0.2, 0) is 10.7 Å². The number of rotatable bonds is 0. The van der Waals surface area contributed by atoms with Gasteiger partial charge < -0.3 is 0 Å². The molecular weight excluding hydrogens is 156 g/mol. The Morgan fingerprint density at radius 2 is 2.18 bits per heavy atom. The molecule has 0 aromatic heterocycles. The molecule has 0 radical (unpaired) electrons. The van der Waals surface area contributed by atoms with Gasteiger partial charge in [0.15, 0.2) is 0 Å². The minimum atomic E-state index is 0.0491. The smallest absolute Gasteiger partial charge is 0.138 e. The monoisotopic (exact) mass is 165 g/mol. The van der Waals surface area contributed by atoms with Gasteiger partial charge in [-0.2, -0.15) is 0 Å². The Kier molecular flexibility index (Phi) is 1.58. The van der Waals surface area contributed by atoms with E-state index < -0.39 is 0 Å². The Bertz CT molecular complexity index is 342. The molecule has 0 saturated heterocycles. The third kappa shape index (κ3) is 1.01. The Labute approximate surface area is 68.1 Å². The molecule has 0 bridgehead atoms. The lowest BCUT2D eigenvalue weighted by atomic mass is 10.3. The maximum absolute atomic E-state index is 4.28. The molecule has 56 valence electrons. The summed E-state index contributed by atoms with van der Waals surface area (Å²) in [5.41, 5.74) is 3.06. The van der Waals surface area contributed by atoms with Crippen LogP contribution in [-0.4, -0.2) is 12.6 Å². The average molecular weight is 165 g/mol. The van der Waals surface area contributed by atoms with Gasteiger partial charge in [-0.25, -0.2) is 9.36 Å². The fourth-order valence-corrected chi connectivity index (χ4v) is 2.31. The van der Waals surface area contributed by atoms with E-state index in [0.717, 1.165) is 5.69 Å². The molecule has 1 aliphatic heterocycles. The highest BCUT2D eigenvalue weighted by Gasteiger charge is 2.13. The standard InChI is InChI=1S/C8H8N2S/c1-9-11-6-10-7-4-2-3-5-8(7)11/h2-6H,1H3/p+1. The number of hydrogen-bond donors (Lipinski definition) is 1. The van der Waals surface area contributed by atoms with Crippen molar-refractivity contribution in [1.29, 1.82) is 0 Å². The lowest BCUT2D eigenvalue weighted by Crippen LogP contribution is -2.64. The third-order valence-corrected chi connectivity index (χ3v) is 3.19. The van der Waals surface area contributed by atoms with Crippen molar-refractivity contribution in [2.75, 3.05) is 7.05 Å². The number of aliphatic imine (C=N–C) groups is 1. The quantitative estimate of drug-likeness (QED) is 0.570. The molecule has 1 aromatic rings. The van der Waals surface area contributed by atoms with E-state index in [4.69, 9.17) is 0 Å². The minimum absolute atomic E-state index is 0.0491. The second-order valence-electron chi connectivity index (χ2n) is 2.24. The lowest BCUT2D eigenvalue weighted by molar-refractivity contribution is -0.388. The second-order valence-corrected chi connectivity index (χ2v) is 3.98. The molecule has 0 aliphatic carbocycles. The van der Waals surface area contributed by atoms with Crippen LogP contribution in [0.3, 0.4) is 0 Å². The first-order valence-corrected chi connectivity index (χ1v) is 4.74. The highest BCUT2D eigenvalue weighted by molar-refractivity contribution is 7.98. The predicted molar refractivity (Wildman–Crippen MR) is 47.1 cm³/mol. The van der Waals surface area contributed by atoms with Crippen molar-refractivity contribution in [1.82, 2.24) is 0 Å². The predicted octanol–water partition coefficient (Wildman–Crippen LogP) is 0.231. The molecule has 2 nitrogen and oxygen atoms in total. The van der Waals surface area contributed by atoms with Gasteiger partial charge in [0.05, 0.1) is 10.6 Å². The van der Waals surface area contributed by atoms with Gasteiger partial charge in [0.2, 0.25) is 0 Å². The molecule has 1 N–H and O–H groups in total. The van der Waals surface area contributed by atoms with Crippen molar-refractivity contribution >= 4 is 21.9 Å². The van der Waals surface area contributed by atoms with E-state index in [9.17, 15) is 0 Å². The molecule has 1 aromatic carbocycles. The molecule has 1 atom stereocenters. The van der Waals surface area contributed by atoms with Crippen molar-refractivity contribution in [3.05, 3.63) is 24.3 Å². The van der Waals surface area contributed by atoms with Gasteiger partial charge in [-0.1, -0.05) is 12.1 Å². The summed E-state index contributed by atoms with van der Waals surface area (Å²) in [5, 5.41) is 0. The highest BCUT2D eigenvalue weighted by Crippen LogP contribution is 2.25. The molecule has 1 unspecified atom stereocenters. The topological polar surface area (TPSA) is 26.3 Å². The zero-order chi connectivity index (χ0) is 7.68. The van der Waals surface area contributed by atoms with Gasteiger partial charge in [-0.15, -0.1) is 0 Å². The number of para-hydroxylation sites is 1. The Morgan fingerprint density at radius 1 is 1.36 bits per heavy atom. The number of nitrogens with one attached hydrogen (secondary N) is 1. The zero-order valence-electron chi connectivity index (χ0n) is 6.24. The summed E-state index contributed by atoms with van der Waals surface area (Å²) in [4.78, 5) is 5.58. The van der Waals surface area contributed by atoms with Gasteiger partial charge >= 0.3 is 0 Å². The van der Waals surface area contributed by atoms with Crippen molar-refractivity contribution < 1.29 is 4.36 Å². The summed E-state index contributed by atoms with van der Waals surface area (Å²) in [7, 11) is 2.00. The Balaban J connectivity index is 2.63. The van der Waals surface area contributed by atoms with Gasteiger partial charge in [0, 0.05) is 0 Å². The van der Waals surface area contributed by atoms with E-state index in [1.54, 1.807) is 0 Å². The fourth-order valence-electron chi connectivity index (χ4n) is 1.08. The molecule has 1 heterocycles. The van der Waals surface area contributed by atoms with Crippen LogP contribution in [0.5, 0.6) is 0 Å². The summed E-state index contributed by atoms with van der Waals surface area (Å²) < 4.78 is 3.20. The minimum Gasteiger partial charge on any atom is -0.243 e. The lowest BCUT2D eigenvalue weighted by Gasteiger charge is -1.91. The first kappa shape index (κ1) is 6.73. The molecule has 1 aliphatic rings. The first-order valence-electron chi connectivity index (χ1n) is 3.45. The average Bonchev–Trinajstić information content (AvgIpc) is 2.47. The second kappa shape index (κ2) is 2.58. The molecule has 3 heteroatoms. The van der Waals surface area contributed by atoms with Crippen molar-refractivity contribution in [2.24, 2.45) is 4.99 Å². The number of fused-ring (bicyclic) bond motifs is 1. The zero-order valence-corrected chi connectivity index (χ0v) is 7.06. The van der Waals surface area contributed by atoms with Crippen molar-refractivity contribution in [2.45, 2.75) is 4.90 Å². The molecular formula is C8H9N2S+. The molecule has 0 amide bonds. The summed E-state index contributed by atoms with van der Waals surface area (Å²) >= 11 is 0. The summed E-state index contributed by atoms with van der Waals surface area (Å²) in [6, 6.07) is 8.21. The number of nitrogens with zero attached hydrogens (tertiary/aromatic N) is 1. The van der Waals surface area contributed by atoms with Crippen molar-refractivity contribution in [3.63, 3.8) is 0 Å².